The van der Waals surface area contributed by atoms with Crippen LogP contribution in [0.2, 0.25) is 5.02 Å². The van der Waals surface area contributed by atoms with Crippen molar-refractivity contribution in [3.8, 4) is 17.0 Å². The molecule has 3 nitrogen and oxygen atoms in total. The van der Waals surface area contributed by atoms with Crippen molar-refractivity contribution in [1.82, 2.24) is 9.78 Å². The number of halogens is 1. The van der Waals surface area contributed by atoms with Gasteiger partial charge in [0.2, 0.25) is 0 Å². The van der Waals surface area contributed by atoms with Gasteiger partial charge in [-0.15, -0.1) is 0 Å². The van der Waals surface area contributed by atoms with Crippen LogP contribution in [0.1, 0.15) is 13.3 Å². The summed E-state index contributed by atoms with van der Waals surface area (Å²) >= 11 is 6.32. The number of hydrogen-bond donors (Lipinski definition) is 1. The fraction of sp³-hybridized carbons (Fsp3) is 0.188. The van der Waals surface area contributed by atoms with Crippen LogP contribution in [0.25, 0.3) is 22.2 Å². The number of para-hydroxylation sites is 1. The number of phenolic OH excluding ortho intramolecular Hbond substituents is 1. The fourth-order valence-corrected chi connectivity index (χ4v) is 2.67. The molecule has 0 bridgehead atoms. The average Bonchev–Trinajstić information content (AvgIpc) is 2.80. The van der Waals surface area contributed by atoms with E-state index in [9.17, 15) is 5.11 Å². The van der Waals surface area contributed by atoms with E-state index in [4.69, 9.17) is 16.7 Å². The summed E-state index contributed by atoms with van der Waals surface area (Å²) in [6.45, 7) is 2.95. The highest BCUT2D eigenvalue weighted by Gasteiger charge is 2.14. The monoisotopic (exact) mass is 286 g/mol. The van der Waals surface area contributed by atoms with Crippen molar-refractivity contribution in [3.05, 3.63) is 47.5 Å². The lowest BCUT2D eigenvalue weighted by Crippen LogP contribution is -1.99. The Kier molecular flexibility index (Phi) is 3.36. The second-order valence-corrected chi connectivity index (χ2v) is 5.16. The molecule has 0 amide bonds. The van der Waals surface area contributed by atoms with Gasteiger partial charge in [0.05, 0.1) is 10.5 Å². The third-order valence-electron chi connectivity index (χ3n) is 3.30. The molecule has 4 heteroatoms. The topological polar surface area (TPSA) is 38.0 Å². The third-order valence-corrected chi connectivity index (χ3v) is 3.60. The summed E-state index contributed by atoms with van der Waals surface area (Å²) in [6.07, 6.45) is 0.997. The molecule has 1 N–H and O–H groups in total. The molecule has 1 aromatic heterocycles. The zero-order valence-corrected chi connectivity index (χ0v) is 11.9. The highest BCUT2D eigenvalue weighted by Crippen LogP contribution is 2.32. The smallest absolute Gasteiger partial charge is 0.115 e. The highest BCUT2D eigenvalue weighted by atomic mass is 35.5. The number of benzene rings is 2. The van der Waals surface area contributed by atoms with Crippen molar-refractivity contribution in [2.75, 3.05) is 0 Å². The molecule has 102 valence electrons. The van der Waals surface area contributed by atoms with E-state index in [0.717, 1.165) is 35.1 Å². The molecule has 0 saturated heterocycles. The van der Waals surface area contributed by atoms with Crippen molar-refractivity contribution in [1.29, 1.82) is 0 Å². The Morgan fingerprint density at radius 2 is 1.90 bits per heavy atom. The van der Waals surface area contributed by atoms with Crippen LogP contribution < -0.4 is 0 Å². The SMILES string of the molecule is CCCn1nc(-c2ccc(O)cc2)c2cccc(Cl)c21. The minimum atomic E-state index is 0.254. The number of aromatic hydroxyl groups is 1. The van der Waals surface area contributed by atoms with Gasteiger partial charge in [-0.3, -0.25) is 4.68 Å². The largest absolute Gasteiger partial charge is 0.508 e. The molecule has 20 heavy (non-hydrogen) atoms. The maximum Gasteiger partial charge on any atom is 0.115 e. The van der Waals surface area contributed by atoms with Crippen LogP contribution >= 0.6 is 11.6 Å². The van der Waals surface area contributed by atoms with E-state index in [2.05, 4.69) is 6.92 Å². The molecule has 0 aliphatic heterocycles. The Labute approximate surface area is 122 Å². The molecule has 0 unspecified atom stereocenters. The third kappa shape index (κ3) is 2.14. The van der Waals surface area contributed by atoms with E-state index in [0.29, 0.717) is 5.02 Å². The number of aromatic nitrogens is 2. The lowest BCUT2D eigenvalue weighted by molar-refractivity contribution is 0.475. The first kappa shape index (κ1) is 13.0. The first-order valence-electron chi connectivity index (χ1n) is 6.65. The lowest BCUT2D eigenvalue weighted by atomic mass is 10.1. The summed E-state index contributed by atoms with van der Waals surface area (Å²) in [7, 11) is 0. The molecule has 0 radical (unpaired) electrons. The maximum absolute atomic E-state index is 9.40. The van der Waals surface area contributed by atoms with Gasteiger partial charge < -0.3 is 5.11 Å². The lowest BCUT2D eigenvalue weighted by Gasteiger charge is -2.01. The van der Waals surface area contributed by atoms with Crippen molar-refractivity contribution < 1.29 is 5.11 Å². The second kappa shape index (κ2) is 5.17. The predicted molar refractivity (Wildman–Crippen MR) is 82.1 cm³/mol. The standard InChI is InChI=1S/C16H15ClN2O/c1-2-10-19-16-13(4-3-5-14(16)17)15(18-19)11-6-8-12(20)9-7-11/h3-9,20H,2,10H2,1H3. The van der Waals surface area contributed by atoms with Gasteiger partial charge in [-0.1, -0.05) is 30.7 Å². The Balaban J connectivity index is 2.25. The van der Waals surface area contributed by atoms with Crippen LogP contribution in [0, 0.1) is 0 Å². The Bertz CT molecular complexity index is 747. The highest BCUT2D eigenvalue weighted by molar-refractivity contribution is 6.35. The zero-order valence-electron chi connectivity index (χ0n) is 11.2. The second-order valence-electron chi connectivity index (χ2n) is 4.75. The summed E-state index contributed by atoms with van der Waals surface area (Å²) in [5.74, 6) is 0.254. The Morgan fingerprint density at radius 3 is 2.60 bits per heavy atom. The molecule has 2 aromatic carbocycles. The molecule has 0 aliphatic rings. The normalized spacial score (nSPS) is 11.1. The van der Waals surface area contributed by atoms with Crippen LogP contribution in [0.15, 0.2) is 42.5 Å². The predicted octanol–water partition coefficient (Wildman–Crippen LogP) is 4.47. The molecule has 0 spiro atoms. The fourth-order valence-electron chi connectivity index (χ4n) is 2.40. The van der Waals surface area contributed by atoms with Crippen LogP contribution in [0.5, 0.6) is 5.75 Å². The van der Waals surface area contributed by atoms with Crippen molar-refractivity contribution in [2.45, 2.75) is 19.9 Å². The van der Waals surface area contributed by atoms with Gasteiger partial charge in [-0.2, -0.15) is 5.10 Å². The first-order chi connectivity index (χ1) is 9.70. The molecular formula is C16H15ClN2O. The Hall–Kier alpha value is -2.00. The number of rotatable bonds is 3. The van der Waals surface area contributed by atoms with Crippen LogP contribution in [-0.4, -0.2) is 14.9 Å². The number of nitrogens with zero attached hydrogens (tertiary/aromatic N) is 2. The summed E-state index contributed by atoms with van der Waals surface area (Å²) in [4.78, 5) is 0. The van der Waals surface area contributed by atoms with Crippen LogP contribution in [0.4, 0.5) is 0 Å². The number of hydrogen-bond acceptors (Lipinski definition) is 2. The van der Waals surface area contributed by atoms with Crippen molar-refractivity contribution in [3.63, 3.8) is 0 Å². The molecule has 0 saturated carbocycles. The van der Waals surface area contributed by atoms with Gasteiger partial charge in [0.15, 0.2) is 0 Å². The summed E-state index contributed by atoms with van der Waals surface area (Å²) in [5.41, 5.74) is 2.85. The van der Waals surface area contributed by atoms with Gasteiger partial charge >= 0.3 is 0 Å². The van der Waals surface area contributed by atoms with Gasteiger partial charge in [0.25, 0.3) is 0 Å². The number of aryl methyl sites for hydroxylation is 1. The average molecular weight is 287 g/mol. The molecule has 0 fully saturated rings. The maximum atomic E-state index is 9.40. The zero-order chi connectivity index (χ0) is 14.1. The minimum Gasteiger partial charge on any atom is -0.508 e. The molecule has 0 aliphatic carbocycles. The van der Waals surface area contributed by atoms with Gasteiger partial charge in [0, 0.05) is 17.5 Å². The Morgan fingerprint density at radius 1 is 1.15 bits per heavy atom. The quantitative estimate of drug-likeness (QED) is 0.771. The van der Waals surface area contributed by atoms with Crippen LogP contribution in [0.3, 0.4) is 0 Å². The van der Waals surface area contributed by atoms with Gasteiger partial charge in [-0.05, 0) is 36.8 Å². The summed E-state index contributed by atoms with van der Waals surface area (Å²) in [6, 6.07) is 12.9. The summed E-state index contributed by atoms with van der Waals surface area (Å²) < 4.78 is 1.96. The molecule has 1 heterocycles. The van der Waals surface area contributed by atoms with Crippen molar-refractivity contribution in [2.24, 2.45) is 0 Å². The van der Waals surface area contributed by atoms with Gasteiger partial charge in [0.1, 0.15) is 11.4 Å². The van der Waals surface area contributed by atoms with Crippen LogP contribution in [-0.2, 0) is 6.54 Å². The van der Waals surface area contributed by atoms with E-state index in [1.54, 1.807) is 12.1 Å². The van der Waals surface area contributed by atoms with E-state index >= 15 is 0 Å². The number of fused-ring (bicyclic) bond motifs is 1. The molecule has 0 atom stereocenters. The molecular weight excluding hydrogens is 272 g/mol. The minimum absolute atomic E-state index is 0.254. The van der Waals surface area contributed by atoms with E-state index in [1.165, 1.54) is 0 Å². The first-order valence-corrected chi connectivity index (χ1v) is 7.03. The van der Waals surface area contributed by atoms with E-state index in [-0.39, 0.29) is 5.75 Å². The van der Waals surface area contributed by atoms with E-state index < -0.39 is 0 Å². The van der Waals surface area contributed by atoms with Crippen molar-refractivity contribution >= 4 is 22.5 Å². The molecule has 3 rings (SSSR count). The summed E-state index contributed by atoms with van der Waals surface area (Å²) in [5, 5.41) is 15.8. The molecule has 3 aromatic rings. The van der Waals surface area contributed by atoms with E-state index in [1.807, 2.05) is 35.0 Å². The number of phenols is 1. The van der Waals surface area contributed by atoms with Gasteiger partial charge in [-0.25, -0.2) is 0 Å².